The van der Waals surface area contributed by atoms with Gasteiger partial charge in [-0.3, -0.25) is 9.59 Å². The molecule has 0 spiro atoms. The van der Waals surface area contributed by atoms with Gasteiger partial charge in [-0.05, 0) is 49.2 Å². The van der Waals surface area contributed by atoms with Gasteiger partial charge in [0.2, 0.25) is 5.91 Å². The molecule has 7 heteroatoms. The highest BCUT2D eigenvalue weighted by molar-refractivity contribution is 6.31. The first-order chi connectivity index (χ1) is 14.4. The highest BCUT2D eigenvalue weighted by atomic mass is 35.5. The number of hydrogen-bond acceptors (Lipinski definition) is 4. The van der Waals surface area contributed by atoms with Gasteiger partial charge in [0.15, 0.2) is 6.61 Å². The van der Waals surface area contributed by atoms with Gasteiger partial charge in [0.1, 0.15) is 5.75 Å². The smallest absolute Gasteiger partial charge is 0.262 e. The summed E-state index contributed by atoms with van der Waals surface area (Å²) in [5, 5.41) is 3.47. The Morgan fingerprint density at radius 3 is 2.53 bits per heavy atom. The van der Waals surface area contributed by atoms with Gasteiger partial charge < -0.3 is 19.9 Å². The normalized spacial score (nSPS) is 13.9. The predicted molar refractivity (Wildman–Crippen MR) is 121 cm³/mol. The molecular formula is C23H28ClN3O3. The molecule has 1 saturated heterocycles. The molecule has 1 N–H and O–H groups in total. The number of aryl methyl sites for hydroxylation is 1. The SMILES string of the molecule is CCC(=O)N1CCN(c2ccc(Cl)cc2NC(=O)COc2cccc(C)c2C)CC1. The van der Waals surface area contributed by atoms with Gasteiger partial charge >= 0.3 is 0 Å². The number of piperazine rings is 1. The minimum Gasteiger partial charge on any atom is -0.483 e. The number of nitrogens with zero attached hydrogens (tertiary/aromatic N) is 2. The van der Waals surface area contributed by atoms with Crippen LogP contribution in [0.2, 0.25) is 5.02 Å². The van der Waals surface area contributed by atoms with E-state index in [0.29, 0.717) is 49.1 Å². The lowest BCUT2D eigenvalue weighted by Crippen LogP contribution is -2.48. The molecule has 0 bridgehead atoms. The summed E-state index contributed by atoms with van der Waals surface area (Å²) in [6, 6.07) is 11.2. The first-order valence-corrected chi connectivity index (χ1v) is 10.6. The second kappa shape index (κ2) is 9.85. The number of benzene rings is 2. The summed E-state index contributed by atoms with van der Waals surface area (Å²) in [5.74, 6) is 0.621. The van der Waals surface area contributed by atoms with Crippen molar-refractivity contribution >= 4 is 34.8 Å². The quantitative estimate of drug-likeness (QED) is 0.753. The monoisotopic (exact) mass is 429 g/mol. The molecule has 0 unspecified atom stereocenters. The van der Waals surface area contributed by atoms with Crippen LogP contribution < -0.4 is 15.0 Å². The maximum Gasteiger partial charge on any atom is 0.262 e. The van der Waals surface area contributed by atoms with E-state index < -0.39 is 0 Å². The molecule has 0 aromatic heterocycles. The predicted octanol–water partition coefficient (Wildman–Crippen LogP) is 4.03. The topological polar surface area (TPSA) is 61.9 Å². The van der Waals surface area contributed by atoms with Crippen LogP contribution in [0, 0.1) is 13.8 Å². The molecule has 1 aliphatic heterocycles. The van der Waals surface area contributed by atoms with Crippen LogP contribution in [0.25, 0.3) is 0 Å². The molecule has 6 nitrogen and oxygen atoms in total. The lowest BCUT2D eigenvalue weighted by molar-refractivity contribution is -0.131. The van der Waals surface area contributed by atoms with E-state index in [4.69, 9.17) is 16.3 Å². The molecule has 3 rings (SSSR count). The van der Waals surface area contributed by atoms with Crippen molar-refractivity contribution in [2.24, 2.45) is 0 Å². The van der Waals surface area contributed by atoms with Gasteiger partial charge in [0.25, 0.3) is 5.91 Å². The zero-order valence-corrected chi connectivity index (χ0v) is 18.5. The van der Waals surface area contributed by atoms with Crippen molar-refractivity contribution in [1.29, 1.82) is 0 Å². The zero-order chi connectivity index (χ0) is 21.7. The molecule has 30 heavy (non-hydrogen) atoms. The summed E-state index contributed by atoms with van der Waals surface area (Å²) in [6.45, 7) is 8.51. The van der Waals surface area contributed by atoms with Crippen molar-refractivity contribution in [2.45, 2.75) is 27.2 Å². The summed E-state index contributed by atoms with van der Waals surface area (Å²) in [6.07, 6.45) is 0.517. The first-order valence-electron chi connectivity index (χ1n) is 10.2. The van der Waals surface area contributed by atoms with Gasteiger partial charge in [-0.25, -0.2) is 0 Å². The van der Waals surface area contributed by atoms with Crippen LogP contribution in [0.5, 0.6) is 5.75 Å². The number of halogens is 1. The second-order valence-electron chi connectivity index (χ2n) is 7.42. The van der Waals surface area contributed by atoms with Crippen molar-refractivity contribution in [3.8, 4) is 5.75 Å². The molecule has 0 radical (unpaired) electrons. The van der Waals surface area contributed by atoms with Crippen molar-refractivity contribution in [3.63, 3.8) is 0 Å². The molecule has 2 aromatic rings. The maximum absolute atomic E-state index is 12.6. The largest absolute Gasteiger partial charge is 0.483 e. The second-order valence-corrected chi connectivity index (χ2v) is 7.85. The van der Waals surface area contributed by atoms with Gasteiger partial charge in [-0.2, -0.15) is 0 Å². The molecule has 0 aliphatic carbocycles. The van der Waals surface area contributed by atoms with Crippen molar-refractivity contribution < 1.29 is 14.3 Å². The fraction of sp³-hybridized carbons (Fsp3) is 0.391. The molecule has 1 fully saturated rings. The van der Waals surface area contributed by atoms with Crippen molar-refractivity contribution in [3.05, 3.63) is 52.5 Å². The van der Waals surface area contributed by atoms with E-state index in [9.17, 15) is 9.59 Å². The maximum atomic E-state index is 12.6. The van der Waals surface area contributed by atoms with E-state index in [1.54, 1.807) is 6.07 Å². The Kier molecular flexibility index (Phi) is 7.21. The lowest BCUT2D eigenvalue weighted by atomic mass is 10.1. The number of carbonyl (C=O) groups excluding carboxylic acids is 2. The lowest BCUT2D eigenvalue weighted by Gasteiger charge is -2.37. The number of amides is 2. The Morgan fingerprint density at radius 2 is 1.83 bits per heavy atom. The Labute approximate surface area is 182 Å². The summed E-state index contributed by atoms with van der Waals surface area (Å²) >= 11 is 6.18. The number of nitrogens with one attached hydrogen (secondary N) is 1. The van der Waals surface area contributed by atoms with Gasteiger partial charge in [0, 0.05) is 37.6 Å². The van der Waals surface area contributed by atoms with Crippen LogP contribution in [0.1, 0.15) is 24.5 Å². The van der Waals surface area contributed by atoms with Crippen LogP contribution in [-0.2, 0) is 9.59 Å². The van der Waals surface area contributed by atoms with Gasteiger partial charge in [-0.1, -0.05) is 30.7 Å². The molecule has 2 amide bonds. The van der Waals surface area contributed by atoms with E-state index in [1.165, 1.54) is 0 Å². The molecule has 160 valence electrons. The molecular weight excluding hydrogens is 402 g/mol. The fourth-order valence-electron chi connectivity index (χ4n) is 3.51. The third-order valence-corrected chi connectivity index (χ3v) is 5.66. The molecule has 1 heterocycles. The number of ether oxygens (including phenoxy) is 1. The Morgan fingerprint density at radius 1 is 1.10 bits per heavy atom. The van der Waals surface area contributed by atoms with E-state index in [0.717, 1.165) is 16.8 Å². The average molecular weight is 430 g/mol. The Bertz CT molecular complexity index is 924. The van der Waals surface area contributed by atoms with Crippen LogP contribution in [0.4, 0.5) is 11.4 Å². The van der Waals surface area contributed by atoms with Crippen molar-refractivity contribution in [2.75, 3.05) is 43.0 Å². The van der Waals surface area contributed by atoms with E-state index in [1.807, 2.05) is 56.0 Å². The molecule has 2 aromatic carbocycles. The number of carbonyl (C=O) groups is 2. The van der Waals surface area contributed by atoms with Crippen molar-refractivity contribution in [1.82, 2.24) is 4.90 Å². The van der Waals surface area contributed by atoms with Crippen LogP contribution in [-0.4, -0.2) is 49.5 Å². The fourth-order valence-corrected chi connectivity index (χ4v) is 3.69. The number of hydrogen-bond donors (Lipinski definition) is 1. The highest BCUT2D eigenvalue weighted by Crippen LogP contribution is 2.30. The van der Waals surface area contributed by atoms with E-state index in [2.05, 4.69) is 10.2 Å². The Balaban J connectivity index is 1.66. The van der Waals surface area contributed by atoms with E-state index >= 15 is 0 Å². The molecule has 0 atom stereocenters. The summed E-state index contributed by atoms with van der Waals surface area (Å²) < 4.78 is 5.72. The van der Waals surface area contributed by atoms with Gasteiger partial charge in [0.05, 0.1) is 11.4 Å². The summed E-state index contributed by atoms with van der Waals surface area (Å²) in [7, 11) is 0. The molecule has 0 saturated carbocycles. The minimum absolute atomic E-state index is 0.0883. The standard InChI is InChI=1S/C23H28ClN3O3/c1-4-23(29)27-12-10-26(11-13-27)20-9-8-18(24)14-19(20)25-22(28)15-30-21-7-5-6-16(2)17(21)3/h5-9,14H,4,10-13,15H2,1-3H3,(H,25,28). The average Bonchev–Trinajstić information content (AvgIpc) is 2.74. The first kappa shape index (κ1) is 22.0. The van der Waals surface area contributed by atoms with Crippen LogP contribution in [0.3, 0.4) is 0 Å². The zero-order valence-electron chi connectivity index (χ0n) is 17.7. The third kappa shape index (κ3) is 5.25. The highest BCUT2D eigenvalue weighted by Gasteiger charge is 2.22. The van der Waals surface area contributed by atoms with E-state index in [-0.39, 0.29) is 18.4 Å². The number of anilines is 2. The number of rotatable bonds is 6. The summed E-state index contributed by atoms with van der Waals surface area (Å²) in [4.78, 5) is 28.5. The minimum atomic E-state index is -0.251. The van der Waals surface area contributed by atoms with Crippen LogP contribution >= 0.6 is 11.6 Å². The Hall–Kier alpha value is -2.73. The van der Waals surface area contributed by atoms with Crippen LogP contribution in [0.15, 0.2) is 36.4 Å². The third-order valence-electron chi connectivity index (χ3n) is 5.42. The molecule has 1 aliphatic rings. The summed E-state index contributed by atoms with van der Waals surface area (Å²) in [5.41, 5.74) is 3.68. The van der Waals surface area contributed by atoms with Gasteiger partial charge in [-0.15, -0.1) is 0 Å².